The van der Waals surface area contributed by atoms with Gasteiger partial charge in [0.05, 0.1) is 10.6 Å². The summed E-state index contributed by atoms with van der Waals surface area (Å²) in [5.41, 5.74) is -2.06. The quantitative estimate of drug-likeness (QED) is 0.476. The lowest BCUT2D eigenvalue weighted by Crippen LogP contribution is -2.14. The number of hydrogen-bond acceptors (Lipinski definition) is 4. The minimum atomic E-state index is -1.66. The second kappa shape index (κ2) is 6.80. The number of amides is 1. The fraction of sp³-hybridized carbons (Fsp3) is 0.273. The predicted octanol–water partition coefficient (Wildman–Crippen LogP) is 2.39. The van der Waals surface area contributed by atoms with Crippen molar-refractivity contribution < 1.29 is 24.0 Å². The number of rotatable bonds is 6. The molecule has 1 aromatic rings. The van der Waals surface area contributed by atoms with Crippen molar-refractivity contribution in [2.75, 3.05) is 11.2 Å². The van der Waals surface area contributed by atoms with Crippen LogP contribution in [-0.4, -0.2) is 27.8 Å². The molecule has 0 aromatic heterocycles. The Bertz CT molecular complexity index is 564. The number of hydrogen-bond donors (Lipinski definition) is 2. The first-order valence-corrected chi connectivity index (χ1v) is 5.97. The van der Waals surface area contributed by atoms with Crippen molar-refractivity contribution in [1.29, 1.82) is 0 Å². The van der Waals surface area contributed by atoms with Gasteiger partial charge in [0.25, 0.3) is 5.69 Å². The van der Waals surface area contributed by atoms with Crippen molar-refractivity contribution in [2.45, 2.75) is 12.8 Å². The number of halogens is 2. The monoisotopic (exact) mass is 304 g/mol. The number of carbonyl (C=O) groups excluding carboxylic acids is 1. The Morgan fingerprint density at radius 3 is 2.60 bits per heavy atom. The van der Waals surface area contributed by atoms with E-state index in [1.54, 1.807) is 0 Å². The number of alkyl halides is 1. The zero-order chi connectivity index (χ0) is 15.3. The number of anilines is 1. The van der Waals surface area contributed by atoms with Gasteiger partial charge in [-0.2, -0.15) is 0 Å². The average Bonchev–Trinajstić information content (AvgIpc) is 2.38. The van der Waals surface area contributed by atoms with Crippen LogP contribution in [0.15, 0.2) is 12.1 Å². The average molecular weight is 305 g/mol. The summed E-state index contributed by atoms with van der Waals surface area (Å²) in [5, 5.41) is 21.5. The third-order valence-electron chi connectivity index (χ3n) is 2.31. The lowest BCUT2D eigenvalue weighted by Gasteiger charge is -2.08. The maximum Gasteiger partial charge on any atom is 0.339 e. The van der Waals surface area contributed by atoms with Gasteiger partial charge in [-0.3, -0.25) is 14.9 Å². The van der Waals surface area contributed by atoms with Gasteiger partial charge in [-0.05, 0) is 6.42 Å². The van der Waals surface area contributed by atoms with Crippen molar-refractivity contribution in [3.8, 4) is 0 Å². The van der Waals surface area contributed by atoms with Crippen molar-refractivity contribution in [3.63, 3.8) is 0 Å². The Balaban J connectivity index is 3.14. The van der Waals surface area contributed by atoms with E-state index in [1.165, 1.54) is 0 Å². The molecule has 0 spiro atoms. The number of carbonyl (C=O) groups is 2. The van der Waals surface area contributed by atoms with Gasteiger partial charge >= 0.3 is 5.97 Å². The number of benzene rings is 1. The zero-order valence-corrected chi connectivity index (χ0v) is 10.8. The summed E-state index contributed by atoms with van der Waals surface area (Å²) in [6.45, 7) is 0. The standard InChI is InChI=1S/C11H10ClFN2O5/c12-3-1-2-9(16)14-8-5-6(15(19)20)4-7(10(8)13)11(17)18/h4-5H,1-3H2,(H,14,16)(H,17,18). The molecule has 0 aliphatic carbocycles. The topological polar surface area (TPSA) is 110 Å². The molecule has 0 radical (unpaired) electrons. The molecular formula is C11H10ClFN2O5. The number of nitrogens with one attached hydrogen (secondary N) is 1. The van der Waals surface area contributed by atoms with Crippen molar-refractivity contribution in [2.24, 2.45) is 0 Å². The molecule has 2 N–H and O–H groups in total. The molecule has 0 aliphatic heterocycles. The molecule has 1 amide bonds. The van der Waals surface area contributed by atoms with E-state index in [1.807, 2.05) is 0 Å². The summed E-state index contributed by atoms with van der Waals surface area (Å²) >= 11 is 5.39. The molecule has 0 fully saturated rings. The maximum absolute atomic E-state index is 13.8. The van der Waals surface area contributed by atoms with Gasteiger partial charge in [0.2, 0.25) is 5.91 Å². The van der Waals surface area contributed by atoms with Gasteiger partial charge < -0.3 is 10.4 Å². The number of non-ortho nitro benzene ring substituents is 1. The van der Waals surface area contributed by atoms with Gasteiger partial charge in [-0.25, -0.2) is 9.18 Å². The Morgan fingerprint density at radius 1 is 1.45 bits per heavy atom. The van der Waals surface area contributed by atoms with Crippen molar-refractivity contribution >= 4 is 34.9 Å². The number of carboxylic acid groups (broad SMARTS) is 1. The summed E-state index contributed by atoms with van der Waals surface area (Å²) < 4.78 is 13.8. The highest BCUT2D eigenvalue weighted by Gasteiger charge is 2.22. The smallest absolute Gasteiger partial charge is 0.339 e. The van der Waals surface area contributed by atoms with Gasteiger partial charge in [0.1, 0.15) is 5.56 Å². The predicted molar refractivity (Wildman–Crippen MR) is 68.6 cm³/mol. The summed E-state index contributed by atoms with van der Waals surface area (Å²) in [7, 11) is 0. The Hall–Kier alpha value is -2.22. The minimum Gasteiger partial charge on any atom is -0.478 e. The van der Waals surface area contributed by atoms with Gasteiger partial charge in [-0.1, -0.05) is 0 Å². The number of nitro groups is 1. The number of nitro benzene ring substituents is 1. The minimum absolute atomic E-state index is 0.00592. The van der Waals surface area contributed by atoms with Gasteiger partial charge in [0.15, 0.2) is 5.82 Å². The highest BCUT2D eigenvalue weighted by molar-refractivity contribution is 6.18. The Labute approximate surface area is 117 Å². The third kappa shape index (κ3) is 3.89. The molecule has 1 aromatic carbocycles. The van der Waals surface area contributed by atoms with E-state index in [0.29, 0.717) is 12.5 Å². The highest BCUT2D eigenvalue weighted by Crippen LogP contribution is 2.25. The number of nitrogens with zero attached hydrogens (tertiary/aromatic N) is 1. The van der Waals surface area contributed by atoms with Crippen LogP contribution >= 0.6 is 11.6 Å². The van der Waals surface area contributed by atoms with Crippen LogP contribution < -0.4 is 5.32 Å². The van der Waals surface area contributed by atoms with Crippen LogP contribution in [0.4, 0.5) is 15.8 Å². The molecule has 1 rings (SSSR count). The third-order valence-corrected chi connectivity index (χ3v) is 2.58. The van der Waals surface area contributed by atoms with Crippen molar-refractivity contribution in [3.05, 3.63) is 33.6 Å². The van der Waals surface area contributed by atoms with Crippen LogP contribution in [0.5, 0.6) is 0 Å². The molecule has 0 heterocycles. The van der Waals surface area contributed by atoms with E-state index in [9.17, 15) is 24.1 Å². The molecule has 0 saturated heterocycles. The SMILES string of the molecule is O=C(CCCCl)Nc1cc([N+](=O)[O-])cc(C(=O)O)c1F. The Morgan fingerprint density at radius 2 is 2.10 bits per heavy atom. The number of aromatic carboxylic acids is 1. The summed E-state index contributed by atoms with van der Waals surface area (Å²) in [6, 6.07) is 1.35. The van der Waals surface area contributed by atoms with Crippen LogP contribution in [0.2, 0.25) is 0 Å². The first-order chi connectivity index (χ1) is 9.36. The van der Waals surface area contributed by atoms with Crippen LogP contribution in [-0.2, 0) is 4.79 Å². The largest absolute Gasteiger partial charge is 0.478 e. The second-order valence-corrected chi connectivity index (χ2v) is 4.14. The summed E-state index contributed by atoms with van der Waals surface area (Å²) in [4.78, 5) is 32.0. The number of carboxylic acids is 1. The highest BCUT2D eigenvalue weighted by atomic mass is 35.5. The van der Waals surface area contributed by atoms with Crippen LogP contribution in [0.3, 0.4) is 0 Å². The van der Waals surface area contributed by atoms with E-state index in [0.717, 1.165) is 6.07 Å². The lowest BCUT2D eigenvalue weighted by atomic mass is 10.1. The summed E-state index contributed by atoms with van der Waals surface area (Å²) in [6.07, 6.45) is 0.337. The molecule has 0 atom stereocenters. The molecule has 9 heteroatoms. The van der Waals surface area contributed by atoms with E-state index < -0.39 is 39.6 Å². The van der Waals surface area contributed by atoms with E-state index in [4.69, 9.17) is 16.7 Å². The van der Waals surface area contributed by atoms with Gasteiger partial charge in [0, 0.05) is 24.4 Å². The first-order valence-electron chi connectivity index (χ1n) is 5.44. The zero-order valence-electron chi connectivity index (χ0n) is 10.1. The molecule has 0 bridgehead atoms. The van der Waals surface area contributed by atoms with E-state index in [2.05, 4.69) is 5.32 Å². The Kier molecular flexibility index (Phi) is 5.39. The van der Waals surface area contributed by atoms with Crippen LogP contribution in [0.25, 0.3) is 0 Å². The van der Waals surface area contributed by atoms with Crippen LogP contribution in [0, 0.1) is 15.9 Å². The van der Waals surface area contributed by atoms with Crippen molar-refractivity contribution in [1.82, 2.24) is 0 Å². The molecular weight excluding hydrogens is 295 g/mol. The second-order valence-electron chi connectivity index (χ2n) is 3.76. The molecule has 7 nitrogen and oxygen atoms in total. The molecule has 108 valence electrons. The molecule has 20 heavy (non-hydrogen) atoms. The van der Waals surface area contributed by atoms with E-state index in [-0.39, 0.29) is 12.3 Å². The summed E-state index contributed by atoms with van der Waals surface area (Å²) in [5.74, 6) is -3.28. The van der Waals surface area contributed by atoms with E-state index >= 15 is 0 Å². The molecule has 0 aliphatic rings. The lowest BCUT2D eigenvalue weighted by molar-refractivity contribution is -0.384. The normalized spacial score (nSPS) is 10.1. The molecule has 0 saturated carbocycles. The fourth-order valence-electron chi connectivity index (χ4n) is 1.40. The maximum atomic E-state index is 13.8. The van der Waals surface area contributed by atoms with Crippen LogP contribution in [0.1, 0.15) is 23.2 Å². The first kappa shape index (κ1) is 15.8. The molecule has 0 unspecified atom stereocenters. The fourth-order valence-corrected chi connectivity index (χ4v) is 1.53. The van der Waals surface area contributed by atoms with Gasteiger partial charge in [-0.15, -0.1) is 11.6 Å².